The lowest BCUT2D eigenvalue weighted by atomic mass is 9.94. The van der Waals surface area contributed by atoms with Gasteiger partial charge in [0.2, 0.25) is 0 Å². The Labute approximate surface area is 210 Å². The van der Waals surface area contributed by atoms with E-state index in [0.717, 1.165) is 42.3 Å². The van der Waals surface area contributed by atoms with Crippen LogP contribution in [0.3, 0.4) is 0 Å². The van der Waals surface area contributed by atoms with Crippen molar-refractivity contribution in [2.75, 3.05) is 38.1 Å². The first kappa shape index (κ1) is 23.5. The first-order valence-corrected chi connectivity index (χ1v) is 13.3. The molecule has 0 N–H and O–H groups in total. The van der Waals surface area contributed by atoms with Crippen LogP contribution >= 0.6 is 23.4 Å². The summed E-state index contributed by atoms with van der Waals surface area (Å²) in [5, 5.41) is 0.638. The molecule has 2 aromatic rings. The standard InChI is InChI=1S/C27H30ClN3O2S/c1-29-23-18-20(26(32)31-14-12-30(13-15-31)22-8-3-2-4-9-22)10-11-24(23)34-25(27(29)33)17-19-6-5-7-21(28)16-19/h5-7,10-11,16-18,22H,2-4,8-9,12-15H2,1H3/b25-17+. The van der Waals surface area contributed by atoms with Crippen LogP contribution in [0.2, 0.25) is 5.02 Å². The second-order valence-corrected chi connectivity index (χ2v) is 10.9. The van der Waals surface area contributed by atoms with Crippen LogP contribution in [0.25, 0.3) is 6.08 Å². The molecule has 178 valence electrons. The minimum absolute atomic E-state index is 0.0530. The number of anilines is 1. The Bertz CT molecular complexity index is 1120. The number of halogens is 1. The summed E-state index contributed by atoms with van der Waals surface area (Å²) in [5.41, 5.74) is 2.32. The van der Waals surface area contributed by atoms with Gasteiger partial charge in [0.1, 0.15) is 0 Å². The topological polar surface area (TPSA) is 43.9 Å². The minimum atomic E-state index is -0.0804. The molecule has 2 fully saturated rings. The molecule has 3 aliphatic rings. The predicted octanol–water partition coefficient (Wildman–Crippen LogP) is 5.54. The normalized spacial score (nSPS) is 21.1. The van der Waals surface area contributed by atoms with Crippen LogP contribution < -0.4 is 4.90 Å². The average Bonchev–Trinajstić information content (AvgIpc) is 2.87. The van der Waals surface area contributed by atoms with Crippen molar-refractivity contribution in [3.05, 3.63) is 63.5 Å². The monoisotopic (exact) mass is 495 g/mol. The fourth-order valence-electron chi connectivity index (χ4n) is 5.19. The zero-order chi connectivity index (χ0) is 23.7. The quantitative estimate of drug-likeness (QED) is 0.524. The third-order valence-corrected chi connectivity index (χ3v) is 8.45. The van der Waals surface area contributed by atoms with E-state index in [2.05, 4.69) is 4.90 Å². The highest BCUT2D eigenvalue weighted by atomic mass is 35.5. The Balaban J connectivity index is 1.29. The summed E-state index contributed by atoms with van der Waals surface area (Å²) in [7, 11) is 1.77. The van der Waals surface area contributed by atoms with Crippen molar-refractivity contribution in [3.8, 4) is 0 Å². The highest BCUT2D eigenvalue weighted by Gasteiger charge is 2.30. The van der Waals surface area contributed by atoms with Crippen molar-refractivity contribution < 1.29 is 9.59 Å². The van der Waals surface area contributed by atoms with Gasteiger partial charge in [-0.25, -0.2) is 0 Å². The highest BCUT2D eigenvalue weighted by Crippen LogP contribution is 2.42. The number of carbonyl (C=O) groups is 2. The third kappa shape index (κ3) is 4.90. The van der Waals surface area contributed by atoms with E-state index in [1.54, 1.807) is 11.9 Å². The maximum Gasteiger partial charge on any atom is 0.264 e. The van der Waals surface area contributed by atoms with E-state index in [1.807, 2.05) is 53.4 Å². The Morgan fingerprint density at radius 1 is 1.03 bits per heavy atom. The highest BCUT2D eigenvalue weighted by molar-refractivity contribution is 8.04. The van der Waals surface area contributed by atoms with E-state index in [-0.39, 0.29) is 11.8 Å². The van der Waals surface area contributed by atoms with Crippen LogP contribution in [0, 0.1) is 0 Å². The number of nitrogens with zero attached hydrogens (tertiary/aromatic N) is 3. The van der Waals surface area contributed by atoms with Gasteiger partial charge in [-0.3, -0.25) is 14.5 Å². The number of carbonyl (C=O) groups excluding carboxylic acids is 2. The Kier molecular flexibility index (Phi) is 7.00. The number of hydrogen-bond donors (Lipinski definition) is 0. The third-order valence-electron chi connectivity index (χ3n) is 7.14. The number of thioether (sulfide) groups is 1. The van der Waals surface area contributed by atoms with E-state index >= 15 is 0 Å². The molecule has 0 radical (unpaired) electrons. The lowest BCUT2D eigenvalue weighted by molar-refractivity contribution is -0.114. The van der Waals surface area contributed by atoms with Crippen molar-refractivity contribution in [1.29, 1.82) is 0 Å². The van der Waals surface area contributed by atoms with Crippen molar-refractivity contribution in [3.63, 3.8) is 0 Å². The van der Waals surface area contributed by atoms with E-state index in [4.69, 9.17) is 11.6 Å². The number of hydrogen-bond acceptors (Lipinski definition) is 4. The lowest BCUT2D eigenvalue weighted by Crippen LogP contribution is -2.52. The molecule has 0 spiro atoms. The molecule has 1 saturated carbocycles. The van der Waals surface area contributed by atoms with E-state index < -0.39 is 0 Å². The maximum absolute atomic E-state index is 13.3. The summed E-state index contributed by atoms with van der Waals surface area (Å²) < 4.78 is 0. The number of rotatable bonds is 3. The maximum atomic E-state index is 13.3. The van der Waals surface area contributed by atoms with Crippen LogP contribution in [-0.4, -0.2) is 60.9 Å². The van der Waals surface area contributed by atoms with Crippen LogP contribution in [0.1, 0.15) is 48.0 Å². The molecule has 2 aromatic carbocycles. The summed E-state index contributed by atoms with van der Waals surface area (Å²) in [6.07, 6.45) is 8.48. The van der Waals surface area contributed by atoms with Gasteiger partial charge in [-0.1, -0.05) is 54.8 Å². The number of piperazine rings is 1. The average molecular weight is 496 g/mol. The molecule has 5 nitrogen and oxygen atoms in total. The van der Waals surface area contributed by atoms with Gasteiger partial charge >= 0.3 is 0 Å². The van der Waals surface area contributed by atoms with Gasteiger partial charge in [-0.15, -0.1) is 0 Å². The first-order chi connectivity index (χ1) is 16.5. The van der Waals surface area contributed by atoms with Gasteiger partial charge in [0, 0.05) is 54.8 Å². The number of likely N-dealkylation sites (N-methyl/N-ethyl adjacent to an activating group) is 1. The Morgan fingerprint density at radius 2 is 1.79 bits per heavy atom. The van der Waals surface area contributed by atoms with Crippen molar-refractivity contribution in [1.82, 2.24) is 9.80 Å². The molecule has 0 unspecified atom stereocenters. The fourth-order valence-corrected chi connectivity index (χ4v) is 6.48. The molecule has 1 aliphatic carbocycles. The molecule has 0 aromatic heterocycles. The Hall–Kier alpha value is -2.28. The predicted molar refractivity (Wildman–Crippen MR) is 139 cm³/mol. The molecule has 2 amide bonds. The van der Waals surface area contributed by atoms with Crippen molar-refractivity contribution in [2.45, 2.75) is 43.0 Å². The van der Waals surface area contributed by atoms with Gasteiger partial charge < -0.3 is 9.80 Å². The second-order valence-electron chi connectivity index (χ2n) is 9.33. The zero-order valence-corrected chi connectivity index (χ0v) is 21.1. The molecule has 34 heavy (non-hydrogen) atoms. The number of benzene rings is 2. The van der Waals surface area contributed by atoms with Gasteiger partial charge in [0.25, 0.3) is 11.8 Å². The molecule has 0 atom stereocenters. The van der Waals surface area contributed by atoms with E-state index in [9.17, 15) is 9.59 Å². The summed E-state index contributed by atoms with van der Waals surface area (Å²) in [4.78, 5) is 34.1. The lowest BCUT2D eigenvalue weighted by Gasteiger charge is -2.40. The van der Waals surface area contributed by atoms with E-state index in [1.165, 1.54) is 43.9 Å². The van der Waals surface area contributed by atoms with Gasteiger partial charge in [-0.05, 0) is 54.8 Å². The van der Waals surface area contributed by atoms with Crippen LogP contribution in [0.4, 0.5) is 5.69 Å². The zero-order valence-electron chi connectivity index (χ0n) is 19.5. The summed E-state index contributed by atoms with van der Waals surface area (Å²) in [6, 6.07) is 13.9. The molecular weight excluding hydrogens is 466 g/mol. The summed E-state index contributed by atoms with van der Waals surface area (Å²) in [6.45, 7) is 3.44. The fraction of sp³-hybridized carbons (Fsp3) is 0.407. The van der Waals surface area contributed by atoms with Gasteiger partial charge in [0.15, 0.2) is 0 Å². The minimum Gasteiger partial charge on any atom is -0.336 e. The van der Waals surface area contributed by atoms with Crippen LogP contribution in [0.15, 0.2) is 52.3 Å². The molecule has 7 heteroatoms. The van der Waals surface area contributed by atoms with Crippen LogP contribution in [-0.2, 0) is 4.79 Å². The molecule has 5 rings (SSSR count). The van der Waals surface area contributed by atoms with Gasteiger partial charge in [0.05, 0.1) is 10.6 Å². The molecule has 0 bridgehead atoms. The SMILES string of the molecule is CN1C(=O)/C(=C\c2cccc(Cl)c2)Sc2ccc(C(=O)N3CCN(C4CCCCC4)CC3)cc21. The largest absolute Gasteiger partial charge is 0.336 e. The molecule has 2 aliphatic heterocycles. The van der Waals surface area contributed by atoms with Gasteiger partial charge in [-0.2, -0.15) is 0 Å². The first-order valence-electron chi connectivity index (χ1n) is 12.1. The Morgan fingerprint density at radius 3 is 2.53 bits per heavy atom. The molecule has 2 heterocycles. The van der Waals surface area contributed by atoms with E-state index in [0.29, 0.717) is 21.5 Å². The summed E-state index contributed by atoms with van der Waals surface area (Å²) >= 11 is 7.53. The van der Waals surface area contributed by atoms with Crippen molar-refractivity contribution in [2.24, 2.45) is 0 Å². The number of fused-ring (bicyclic) bond motifs is 1. The second kappa shape index (κ2) is 10.1. The summed E-state index contributed by atoms with van der Waals surface area (Å²) in [5.74, 6) is -0.0274. The molecular formula is C27H30ClN3O2S. The molecule has 1 saturated heterocycles. The van der Waals surface area contributed by atoms with Crippen molar-refractivity contribution >= 4 is 46.9 Å². The number of amides is 2. The van der Waals surface area contributed by atoms with Crippen LogP contribution in [0.5, 0.6) is 0 Å². The smallest absolute Gasteiger partial charge is 0.264 e.